The second kappa shape index (κ2) is 8.63. The third-order valence-corrected chi connectivity index (χ3v) is 8.34. The Balaban J connectivity index is 1.37. The van der Waals surface area contributed by atoms with Gasteiger partial charge in [0.15, 0.2) is 0 Å². The highest BCUT2D eigenvalue weighted by molar-refractivity contribution is 6.26. The highest BCUT2D eigenvalue weighted by Gasteiger charge is 2.42. The van der Waals surface area contributed by atoms with Gasteiger partial charge in [-0.25, -0.2) is 0 Å². The van der Waals surface area contributed by atoms with Crippen LogP contribution in [0.25, 0.3) is 10.8 Å². The molecule has 5 heteroatoms. The summed E-state index contributed by atoms with van der Waals surface area (Å²) in [4.78, 5) is 44.3. The van der Waals surface area contributed by atoms with Gasteiger partial charge in [-0.2, -0.15) is 0 Å². The molecule has 3 aromatic carbocycles. The Hall–Kier alpha value is -3.47. The standard InChI is InChI=1S/C30H30N2O3/c1-19-8-2-5-11-22(19)28(33)31-17-16-21-10-3-6-12-23(21)26(31)18-32-29(34)25-15-14-20-9-4-7-13-24(20)27(25)30(32)35/h3-4,6-7,9-10,12-15,19,22,26H,2,5,8,11,16-18H2,1H3. The number of benzene rings is 3. The largest absolute Gasteiger partial charge is 0.333 e. The van der Waals surface area contributed by atoms with E-state index < -0.39 is 0 Å². The lowest BCUT2D eigenvalue weighted by molar-refractivity contribution is -0.141. The molecule has 5 nitrogen and oxygen atoms in total. The van der Waals surface area contributed by atoms with Crippen molar-refractivity contribution in [3.63, 3.8) is 0 Å². The summed E-state index contributed by atoms with van der Waals surface area (Å²) in [5.41, 5.74) is 3.19. The Morgan fingerprint density at radius 2 is 1.69 bits per heavy atom. The van der Waals surface area contributed by atoms with E-state index in [1.165, 1.54) is 16.9 Å². The van der Waals surface area contributed by atoms with E-state index in [9.17, 15) is 14.4 Å². The number of carbonyl (C=O) groups excluding carboxylic acids is 3. The van der Waals surface area contributed by atoms with Gasteiger partial charge in [0.25, 0.3) is 11.8 Å². The minimum absolute atomic E-state index is 0.0163. The summed E-state index contributed by atoms with van der Waals surface area (Å²) < 4.78 is 0. The van der Waals surface area contributed by atoms with Crippen molar-refractivity contribution in [2.45, 2.75) is 45.1 Å². The summed E-state index contributed by atoms with van der Waals surface area (Å²) in [6.45, 7) is 2.99. The van der Waals surface area contributed by atoms with E-state index in [1.807, 2.05) is 47.4 Å². The van der Waals surface area contributed by atoms with E-state index in [0.717, 1.165) is 42.0 Å². The normalized spacial score (nSPS) is 24.0. The molecule has 0 spiro atoms. The van der Waals surface area contributed by atoms with Gasteiger partial charge in [-0.15, -0.1) is 0 Å². The lowest BCUT2D eigenvalue weighted by Gasteiger charge is -2.42. The Bertz CT molecular complexity index is 1350. The van der Waals surface area contributed by atoms with Crippen LogP contribution in [0.2, 0.25) is 0 Å². The molecule has 3 aliphatic rings. The van der Waals surface area contributed by atoms with Crippen molar-refractivity contribution in [2.24, 2.45) is 11.8 Å². The van der Waals surface area contributed by atoms with Gasteiger partial charge in [-0.3, -0.25) is 19.3 Å². The zero-order chi connectivity index (χ0) is 24.1. The topological polar surface area (TPSA) is 57.7 Å². The highest BCUT2D eigenvalue weighted by Crippen LogP contribution is 2.38. The van der Waals surface area contributed by atoms with Crippen LogP contribution in [0.1, 0.15) is 70.5 Å². The van der Waals surface area contributed by atoms with Gasteiger partial charge in [-0.05, 0) is 53.1 Å². The molecule has 3 atom stereocenters. The molecule has 35 heavy (non-hydrogen) atoms. The first-order valence-corrected chi connectivity index (χ1v) is 12.8. The van der Waals surface area contributed by atoms with Crippen molar-refractivity contribution in [1.29, 1.82) is 0 Å². The minimum Gasteiger partial charge on any atom is -0.333 e. The van der Waals surface area contributed by atoms with Crippen LogP contribution in [0.4, 0.5) is 0 Å². The maximum atomic E-state index is 13.9. The number of hydrogen-bond acceptors (Lipinski definition) is 3. The summed E-state index contributed by atoms with van der Waals surface area (Å²) in [5, 5.41) is 1.75. The summed E-state index contributed by atoms with van der Waals surface area (Å²) in [6, 6.07) is 19.2. The van der Waals surface area contributed by atoms with Crippen molar-refractivity contribution < 1.29 is 14.4 Å². The van der Waals surface area contributed by atoms with Gasteiger partial charge in [0.2, 0.25) is 5.91 Å². The van der Waals surface area contributed by atoms with Crippen LogP contribution in [0.3, 0.4) is 0 Å². The third-order valence-electron chi connectivity index (χ3n) is 8.34. The molecule has 0 saturated heterocycles. The Labute approximate surface area is 205 Å². The van der Waals surface area contributed by atoms with Crippen molar-refractivity contribution in [2.75, 3.05) is 13.1 Å². The van der Waals surface area contributed by atoms with Gasteiger partial charge >= 0.3 is 0 Å². The van der Waals surface area contributed by atoms with E-state index in [2.05, 4.69) is 19.1 Å². The van der Waals surface area contributed by atoms with Crippen LogP contribution in [0.5, 0.6) is 0 Å². The maximum Gasteiger partial charge on any atom is 0.262 e. The van der Waals surface area contributed by atoms with Crippen molar-refractivity contribution >= 4 is 28.5 Å². The third kappa shape index (κ3) is 3.56. The Morgan fingerprint density at radius 3 is 2.54 bits per heavy atom. The van der Waals surface area contributed by atoms with Gasteiger partial charge in [0.1, 0.15) is 0 Å². The molecule has 178 valence electrons. The molecule has 3 amide bonds. The van der Waals surface area contributed by atoms with Gasteiger partial charge in [0.05, 0.1) is 23.7 Å². The predicted octanol–water partition coefficient (Wildman–Crippen LogP) is 5.39. The first kappa shape index (κ1) is 22.0. The quantitative estimate of drug-likeness (QED) is 0.487. The maximum absolute atomic E-state index is 13.9. The molecule has 3 aromatic rings. The number of nitrogens with zero attached hydrogens (tertiary/aromatic N) is 2. The molecule has 1 saturated carbocycles. The van der Waals surface area contributed by atoms with E-state index in [1.54, 1.807) is 6.07 Å². The molecule has 0 bridgehead atoms. The van der Waals surface area contributed by atoms with Gasteiger partial charge < -0.3 is 4.90 Å². The fraction of sp³-hybridized carbons (Fsp3) is 0.367. The van der Waals surface area contributed by atoms with Crippen LogP contribution in [-0.4, -0.2) is 40.6 Å². The van der Waals surface area contributed by atoms with Crippen molar-refractivity contribution in [3.8, 4) is 0 Å². The first-order valence-electron chi connectivity index (χ1n) is 12.8. The molecule has 2 aliphatic heterocycles. The van der Waals surface area contributed by atoms with Crippen LogP contribution in [-0.2, 0) is 11.2 Å². The van der Waals surface area contributed by atoms with E-state index in [4.69, 9.17) is 0 Å². The summed E-state index contributed by atoms with van der Waals surface area (Å²) in [7, 11) is 0. The number of hydrogen-bond donors (Lipinski definition) is 0. The van der Waals surface area contributed by atoms with Gasteiger partial charge in [-0.1, -0.05) is 74.4 Å². The molecule has 0 radical (unpaired) electrons. The molecule has 0 aromatic heterocycles. The number of amides is 3. The van der Waals surface area contributed by atoms with Crippen LogP contribution in [0, 0.1) is 11.8 Å². The lowest BCUT2D eigenvalue weighted by Crippen LogP contribution is -2.49. The number of imide groups is 1. The lowest BCUT2D eigenvalue weighted by atomic mass is 9.78. The first-order chi connectivity index (χ1) is 17.0. The minimum atomic E-state index is -0.324. The van der Waals surface area contributed by atoms with Crippen molar-refractivity contribution in [3.05, 3.63) is 82.9 Å². The summed E-state index contributed by atoms with van der Waals surface area (Å²) in [6.07, 6.45) is 5.06. The molecule has 1 aliphatic carbocycles. The molecule has 1 fully saturated rings. The zero-order valence-electron chi connectivity index (χ0n) is 20.1. The molecule has 3 unspecified atom stereocenters. The SMILES string of the molecule is CC1CCCCC1C(=O)N1CCc2ccccc2C1CN1C(=O)c2ccc3ccccc3c2C1=O. The molecule has 0 N–H and O–H groups in total. The molecule has 6 rings (SSSR count). The van der Waals surface area contributed by atoms with Crippen LogP contribution in [0.15, 0.2) is 60.7 Å². The number of fused-ring (bicyclic) bond motifs is 4. The van der Waals surface area contributed by atoms with E-state index in [0.29, 0.717) is 23.6 Å². The van der Waals surface area contributed by atoms with Gasteiger partial charge in [0, 0.05) is 12.5 Å². The summed E-state index contributed by atoms with van der Waals surface area (Å²) in [5.74, 6) is 0.0293. The Morgan fingerprint density at radius 1 is 0.914 bits per heavy atom. The highest BCUT2D eigenvalue weighted by atomic mass is 16.2. The molecular formula is C30H30N2O3. The fourth-order valence-electron chi connectivity index (χ4n) is 6.40. The average molecular weight is 467 g/mol. The van der Waals surface area contributed by atoms with E-state index in [-0.39, 0.29) is 36.2 Å². The van der Waals surface area contributed by atoms with Crippen LogP contribution >= 0.6 is 0 Å². The number of rotatable bonds is 3. The fourth-order valence-corrected chi connectivity index (χ4v) is 6.40. The monoisotopic (exact) mass is 466 g/mol. The van der Waals surface area contributed by atoms with Crippen LogP contribution < -0.4 is 0 Å². The Kier molecular flexibility index (Phi) is 5.43. The number of carbonyl (C=O) groups is 3. The smallest absolute Gasteiger partial charge is 0.262 e. The summed E-state index contributed by atoms with van der Waals surface area (Å²) >= 11 is 0. The molecule has 2 heterocycles. The second-order valence-electron chi connectivity index (χ2n) is 10.3. The molecular weight excluding hydrogens is 436 g/mol. The average Bonchev–Trinajstić information content (AvgIpc) is 3.13. The second-order valence-corrected chi connectivity index (χ2v) is 10.3. The van der Waals surface area contributed by atoms with E-state index >= 15 is 0 Å². The zero-order valence-corrected chi connectivity index (χ0v) is 20.1. The predicted molar refractivity (Wildman–Crippen MR) is 135 cm³/mol. The van der Waals surface area contributed by atoms with Crippen molar-refractivity contribution in [1.82, 2.24) is 9.80 Å².